The molecular formula is C24H26N6O2S. The third-order valence-electron chi connectivity index (χ3n) is 5.30. The van der Waals surface area contributed by atoms with Gasteiger partial charge in [0.15, 0.2) is 5.13 Å². The van der Waals surface area contributed by atoms with Crippen molar-refractivity contribution in [1.29, 1.82) is 0 Å². The highest BCUT2D eigenvalue weighted by Crippen LogP contribution is 2.24. The molecule has 0 amide bonds. The van der Waals surface area contributed by atoms with Crippen LogP contribution in [0.15, 0.2) is 69.6 Å². The lowest BCUT2D eigenvalue weighted by Crippen LogP contribution is -2.38. The van der Waals surface area contributed by atoms with Gasteiger partial charge < -0.3 is 16.0 Å². The minimum absolute atomic E-state index is 0.141. The lowest BCUT2D eigenvalue weighted by molar-refractivity contribution is 0.716. The fourth-order valence-electron chi connectivity index (χ4n) is 3.55. The summed E-state index contributed by atoms with van der Waals surface area (Å²) in [5, 5.41) is 6.01. The van der Waals surface area contributed by atoms with E-state index in [1.807, 2.05) is 78.7 Å². The summed E-state index contributed by atoms with van der Waals surface area (Å²) in [5.41, 5.74) is 9.46. The molecule has 4 aromatic rings. The molecule has 170 valence electrons. The van der Waals surface area contributed by atoms with Crippen LogP contribution < -0.4 is 27.2 Å². The third kappa shape index (κ3) is 5.15. The average Bonchev–Trinajstić information content (AvgIpc) is 3.25. The molecule has 0 aliphatic carbocycles. The van der Waals surface area contributed by atoms with Crippen molar-refractivity contribution in [2.45, 2.75) is 26.9 Å². The fourth-order valence-corrected chi connectivity index (χ4v) is 4.27. The number of rotatable bonds is 8. The molecule has 0 saturated heterocycles. The van der Waals surface area contributed by atoms with Gasteiger partial charge in [0, 0.05) is 17.6 Å². The minimum atomic E-state index is -0.528. The van der Waals surface area contributed by atoms with Crippen molar-refractivity contribution in [2.24, 2.45) is 0 Å². The van der Waals surface area contributed by atoms with Crippen LogP contribution >= 0.6 is 11.3 Å². The summed E-state index contributed by atoms with van der Waals surface area (Å²) in [7, 11) is 0. The van der Waals surface area contributed by atoms with Gasteiger partial charge in [0.25, 0.3) is 5.56 Å². The highest BCUT2D eigenvalue weighted by Gasteiger charge is 2.19. The lowest BCUT2D eigenvalue weighted by atomic mass is 10.2. The van der Waals surface area contributed by atoms with Crippen molar-refractivity contribution in [3.8, 4) is 0 Å². The Morgan fingerprint density at radius 2 is 1.85 bits per heavy atom. The average molecular weight is 463 g/mol. The number of nitrogens with two attached hydrogens (primary N) is 1. The van der Waals surface area contributed by atoms with Gasteiger partial charge in [-0.2, -0.15) is 0 Å². The van der Waals surface area contributed by atoms with E-state index in [9.17, 15) is 9.59 Å². The van der Waals surface area contributed by atoms with Gasteiger partial charge in [-0.05, 0) is 31.5 Å². The summed E-state index contributed by atoms with van der Waals surface area (Å²) in [6.07, 6.45) is 0. The SMILES string of the molecule is CCN(Cc1csc(Nc2ccc(C)cc2)n1)c1c(N)n(Cc2ccccc2)c(=O)[nH]c1=O. The molecule has 0 spiro atoms. The molecule has 0 saturated carbocycles. The molecule has 2 aromatic heterocycles. The summed E-state index contributed by atoms with van der Waals surface area (Å²) in [6.45, 7) is 5.16. The van der Waals surface area contributed by atoms with Crippen molar-refractivity contribution in [2.75, 3.05) is 22.5 Å². The van der Waals surface area contributed by atoms with Gasteiger partial charge in [0.05, 0.1) is 18.8 Å². The van der Waals surface area contributed by atoms with E-state index < -0.39 is 11.2 Å². The summed E-state index contributed by atoms with van der Waals surface area (Å²) in [5.74, 6) is 0.141. The molecule has 0 fully saturated rings. The van der Waals surface area contributed by atoms with E-state index in [2.05, 4.69) is 15.3 Å². The zero-order valence-corrected chi connectivity index (χ0v) is 19.4. The van der Waals surface area contributed by atoms with Crippen LogP contribution in [-0.2, 0) is 13.1 Å². The molecule has 4 N–H and O–H groups in total. The van der Waals surface area contributed by atoms with Gasteiger partial charge in [-0.15, -0.1) is 11.3 Å². The van der Waals surface area contributed by atoms with Gasteiger partial charge in [-0.1, -0.05) is 48.0 Å². The highest BCUT2D eigenvalue weighted by atomic mass is 32.1. The van der Waals surface area contributed by atoms with Crippen LogP contribution in [0.4, 0.5) is 22.3 Å². The molecule has 0 aliphatic rings. The number of aromatic amines is 1. The smallest absolute Gasteiger partial charge is 0.330 e. The van der Waals surface area contributed by atoms with E-state index >= 15 is 0 Å². The molecule has 33 heavy (non-hydrogen) atoms. The molecule has 4 rings (SSSR count). The topological polar surface area (TPSA) is 109 Å². The van der Waals surface area contributed by atoms with E-state index in [0.717, 1.165) is 22.1 Å². The Hall–Kier alpha value is -3.85. The molecule has 0 radical (unpaired) electrons. The second kappa shape index (κ2) is 9.74. The number of nitrogen functional groups attached to an aromatic ring is 1. The minimum Gasteiger partial charge on any atom is -0.383 e. The van der Waals surface area contributed by atoms with Crippen LogP contribution in [0.1, 0.15) is 23.7 Å². The van der Waals surface area contributed by atoms with E-state index in [0.29, 0.717) is 13.1 Å². The second-order valence-electron chi connectivity index (χ2n) is 7.71. The largest absolute Gasteiger partial charge is 0.383 e. The normalized spacial score (nSPS) is 10.8. The number of nitrogens with zero attached hydrogens (tertiary/aromatic N) is 3. The molecule has 9 heteroatoms. The number of anilines is 4. The van der Waals surface area contributed by atoms with E-state index in [-0.39, 0.29) is 18.1 Å². The first-order valence-electron chi connectivity index (χ1n) is 10.6. The molecule has 0 atom stereocenters. The van der Waals surface area contributed by atoms with Crippen molar-refractivity contribution in [3.63, 3.8) is 0 Å². The number of thiazole rings is 1. The van der Waals surface area contributed by atoms with Gasteiger partial charge >= 0.3 is 5.69 Å². The molecular weight excluding hydrogens is 436 g/mol. The maximum Gasteiger partial charge on any atom is 0.330 e. The van der Waals surface area contributed by atoms with Gasteiger partial charge in [-0.3, -0.25) is 14.3 Å². The quantitative estimate of drug-likeness (QED) is 0.368. The summed E-state index contributed by atoms with van der Waals surface area (Å²) in [4.78, 5) is 34.1. The van der Waals surface area contributed by atoms with E-state index in [1.54, 1.807) is 0 Å². The van der Waals surface area contributed by atoms with Crippen LogP contribution in [0, 0.1) is 6.92 Å². The summed E-state index contributed by atoms with van der Waals surface area (Å²) < 4.78 is 1.39. The zero-order valence-electron chi connectivity index (χ0n) is 18.5. The number of hydrogen-bond donors (Lipinski definition) is 3. The fraction of sp³-hybridized carbons (Fsp3) is 0.208. The van der Waals surface area contributed by atoms with Crippen molar-refractivity contribution >= 4 is 33.7 Å². The predicted octanol–water partition coefficient (Wildman–Crippen LogP) is 3.70. The molecule has 8 nitrogen and oxygen atoms in total. The maximum absolute atomic E-state index is 12.7. The van der Waals surface area contributed by atoms with Crippen LogP contribution in [-0.4, -0.2) is 21.1 Å². The van der Waals surface area contributed by atoms with Gasteiger partial charge in [-0.25, -0.2) is 9.78 Å². The summed E-state index contributed by atoms with van der Waals surface area (Å²) in [6, 6.07) is 17.6. The van der Waals surface area contributed by atoms with Crippen molar-refractivity contribution < 1.29 is 0 Å². The Morgan fingerprint density at radius 3 is 2.55 bits per heavy atom. The lowest BCUT2D eigenvalue weighted by Gasteiger charge is -2.24. The Labute approximate surface area is 195 Å². The number of aromatic nitrogens is 3. The molecule has 2 heterocycles. The monoisotopic (exact) mass is 462 g/mol. The van der Waals surface area contributed by atoms with Gasteiger partial charge in [0.1, 0.15) is 11.5 Å². The summed E-state index contributed by atoms with van der Waals surface area (Å²) >= 11 is 1.49. The Balaban J connectivity index is 1.58. The first-order chi connectivity index (χ1) is 15.9. The Kier molecular flexibility index (Phi) is 6.60. The van der Waals surface area contributed by atoms with E-state index in [1.165, 1.54) is 21.5 Å². The highest BCUT2D eigenvalue weighted by molar-refractivity contribution is 7.13. The van der Waals surface area contributed by atoms with Crippen LogP contribution in [0.3, 0.4) is 0 Å². The first kappa shape index (κ1) is 22.3. The van der Waals surface area contributed by atoms with Crippen LogP contribution in [0.2, 0.25) is 0 Å². The maximum atomic E-state index is 12.7. The van der Waals surface area contributed by atoms with Crippen molar-refractivity contribution in [3.05, 3.63) is 97.6 Å². The van der Waals surface area contributed by atoms with Gasteiger partial charge in [0.2, 0.25) is 0 Å². The molecule has 0 aliphatic heterocycles. The predicted molar refractivity (Wildman–Crippen MR) is 135 cm³/mol. The van der Waals surface area contributed by atoms with E-state index in [4.69, 9.17) is 5.73 Å². The number of hydrogen-bond acceptors (Lipinski definition) is 7. The second-order valence-corrected chi connectivity index (χ2v) is 8.57. The Bertz CT molecular complexity index is 1340. The Morgan fingerprint density at radius 1 is 1.12 bits per heavy atom. The van der Waals surface area contributed by atoms with Crippen LogP contribution in [0.5, 0.6) is 0 Å². The first-order valence-corrected chi connectivity index (χ1v) is 11.5. The molecule has 0 unspecified atom stereocenters. The number of benzene rings is 2. The zero-order chi connectivity index (χ0) is 23.4. The third-order valence-corrected chi connectivity index (χ3v) is 6.11. The molecule has 2 aromatic carbocycles. The van der Waals surface area contributed by atoms with Crippen LogP contribution in [0.25, 0.3) is 0 Å². The number of aryl methyl sites for hydroxylation is 1. The number of nitrogens with one attached hydrogen (secondary N) is 2. The molecule has 0 bridgehead atoms. The standard InChI is InChI=1S/C24H26N6O2S/c1-3-29(14-19-15-33-23(27-19)26-18-11-9-16(2)10-12-18)20-21(25)30(24(32)28-22(20)31)13-17-7-5-4-6-8-17/h4-12,15H,3,13-14,25H2,1-2H3,(H,26,27)(H,28,31,32). The van der Waals surface area contributed by atoms with Crippen molar-refractivity contribution in [1.82, 2.24) is 14.5 Å². The number of H-pyrrole nitrogens is 1.